The van der Waals surface area contributed by atoms with E-state index in [1.165, 1.54) is 0 Å². The number of amides is 1. The summed E-state index contributed by atoms with van der Waals surface area (Å²) >= 11 is 3.34. The van der Waals surface area contributed by atoms with E-state index in [4.69, 9.17) is 4.74 Å². The van der Waals surface area contributed by atoms with Crippen LogP contribution >= 0.6 is 15.9 Å². The van der Waals surface area contributed by atoms with E-state index in [0.717, 1.165) is 13.0 Å². The fourth-order valence-corrected chi connectivity index (χ4v) is 1.29. The van der Waals surface area contributed by atoms with Crippen LogP contribution in [0.3, 0.4) is 0 Å². The Labute approximate surface area is 88.6 Å². The lowest BCUT2D eigenvalue weighted by Gasteiger charge is -2.22. The normalized spacial score (nSPS) is 12.6. The van der Waals surface area contributed by atoms with Gasteiger partial charge in [-0.1, -0.05) is 22.9 Å². The minimum atomic E-state index is -0.0516. The minimum Gasteiger partial charge on any atom is -0.383 e. The third kappa shape index (κ3) is 4.62. The first kappa shape index (κ1) is 12.9. The van der Waals surface area contributed by atoms with Gasteiger partial charge in [-0.3, -0.25) is 4.79 Å². The second kappa shape index (κ2) is 7.33. The summed E-state index contributed by atoms with van der Waals surface area (Å²) in [6.45, 7) is 5.98. The largest absolute Gasteiger partial charge is 0.383 e. The van der Waals surface area contributed by atoms with Gasteiger partial charge in [0.2, 0.25) is 5.91 Å². The summed E-state index contributed by atoms with van der Waals surface area (Å²) in [7, 11) is 1.64. The topological polar surface area (TPSA) is 29.5 Å². The van der Waals surface area contributed by atoms with E-state index >= 15 is 0 Å². The van der Waals surface area contributed by atoms with Gasteiger partial charge in [0.15, 0.2) is 0 Å². The zero-order chi connectivity index (χ0) is 10.3. The summed E-state index contributed by atoms with van der Waals surface area (Å²) in [5, 5.41) is 0. The summed E-state index contributed by atoms with van der Waals surface area (Å²) in [4.78, 5) is 13.4. The number of carbonyl (C=O) groups is 1. The molecule has 0 aromatic heterocycles. The number of hydrogen-bond acceptors (Lipinski definition) is 2. The van der Waals surface area contributed by atoms with Crippen LogP contribution in [0.25, 0.3) is 0 Å². The van der Waals surface area contributed by atoms with Crippen molar-refractivity contribution < 1.29 is 9.53 Å². The van der Waals surface area contributed by atoms with Crippen molar-refractivity contribution in [3.8, 4) is 0 Å². The molecule has 1 unspecified atom stereocenters. The van der Waals surface area contributed by atoms with Gasteiger partial charge >= 0.3 is 0 Å². The number of methoxy groups -OCH3 is 1. The summed E-state index contributed by atoms with van der Waals surface area (Å²) in [5.74, 6) is 0.155. The first-order valence-corrected chi connectivity index (χ1v) is 5.50. The fourth-order valence-electron chi connectivity index (χ4n) is 0.998. The average Bonchev–Trinajstić information content (AvgIpc) is 2.17. The van der Waals surface area contributed by atoms with Crippen LogP contribution in [0.4, 0.5) is 0 Å². The van der Waals surface area contributed by atoms with E-state index < -0.39 is 0 Å². The highest BCUT2D eigenvalue weighted by atomic mass is 79.9. The Morgan fingerprint density at radius 3 is 2.54 bits per heavy atom. The van der Waals surface area contributed by atoms with Crippen molar-refractivity contribution in [1.29, 1.82) is 0 Å². The number of likely N-dealkylation sites (N-methyl/N-ethyl adjacent to an activating group) is 1. The summed E-state index contributed by atoms with van der Waals surface area (Å²) < 4.78 is 4.93. The van der Waals surface area contributed by atoms with Gasteiger partial charge in [0, 0.05) is 20.2 Å². The van der Waals surface area contributed by atoms with Gasteiger partial charge in [0.05, 0.1) is 11.4 Å². The van der Waals surface area contributed by atoms with Crippen LogP contribution < -0.4 is 0 Å². The molecule has 0 saturated heterocycles. The highest BCUT2D eigenvalue weighted by Crippen LogP contribution is 2.08. The Hall–Kier alpha value is -0.0900. The molecule has 0 aliphatic rings. The number of nitrogens with zero attached hydrogens (tertiary/aromatic N) is 1. The van der Waals surface area contributed by atoms with Crippen molar-refractivity contribution in [2.24, 2.45) is 0 Å². The van der Waals surface area contributed by atoms with E-state index in [1.54, 1.807) is 12.0 Å². The first-order chi connectivity index (χ1) is 6.17. The molecule has 0 N–H and O–H groups in total. The monoisotopic (exact) mass is 251 g/mol. The second-order valence-electron chi connectivity index (χ2n) is 2.79. The zero-order valence-electron chi connectivity index (χ0n) is 8.55. The molecule has 13 heavy (non-hydrogen) atoms. The van der Waals surface area contributed by atoms with Crippen molar-refractivity contribution >= 4 is 21.8 Å². The molecule has 4 heteroatoms. The standard InChI is InChI=1S/C9H18BrNO2/c1-4-8(10)9(12)11(5-2)6-7-13-3/h8H,4-7H2,1-3H3. The Balaban J connectivity index is 3.98. The molecule has 0 saturated carbocycles. The maximum Gasteiger partial charge on any atom is 0.236 e. The van der Waals surface area contributed by atoms with Crippen LogP contribution in [0.5, 0.6) is 0 Å². The molecule has 0 bridgehead atoms. The number of carbonyl (C=O) groups excluding carboxylic acids is 1. The maximum atomic E-state index is 11.6. The van der Waals surface area contributed by atoms with E-state index in [-0.39, 0.29) is 10.7 Å². The molecule has 0 aromatic rings. The lowest BCUT2D eigenvalue weighted by molar-refractivity contribution is -0.130. The number of rotatable bonds is 6. The summed E-state index contributed by atoms with van der Waals surface area (Å²) in [6, 6.07) is 0. The molecule has 1 atom stereocenters. The van der Waals surface area contributed by atoms with Crippen molar-refractivity contribution in [3.05, 3.63) is 0 Å². The van der Waals surface area contributed by atoms with Gasteiger partial charge in [-0.05, 0) is 13.3 Å². The molecule has 0 aliphatic carbocycles. The minimum absolute atomic E-state index is 0.0516. The SMILES string of the molecule is CCC(Br)C(=O)N(CC)CCOC. The summed E-state index contributed by atoms with van der Waals surface area (Å²) in [5.41, 5.74) is 0. The van der Waals surface area contributed by atoms with Crippen LogP contribution in [0.15, 0.2) is 0 Å². The molecule has 78 valence electrons. The predicted molar refractivity (Wildman–Crippen MR) is 57.1 cm³/mol. The molecule has 1 amide bonds. The predicted octanol–water partition coefficient (Wildman–Crippen LogP) is 1.65. The number of halogens is 1. The second-order valence-corrected chi connectivity index (χ2v) is 3.89. The lowest BCUT2D eigenvalue weighted by atomic mass is 10.3. The smallest absolute Gasteiger partial charge is 0.236 e. The van der Waals surface area contributed by atoms with Gasteiger partial charge in [0.1, 0.15) is 0 Å². The zero-order valence-corrected chi connectivity index (χ0v) is 10.1. The third-order valence-electron chi connectivity index (χ3n) is 1.89. The van der Waals surface area contributed by atoms with Crippen LogP contribution in [0, 0.1) is 0 Å². The van der Waals surface area contributed by atoms with Crippen molar-refractivity contribution in [2.45, 2.75) is 25.1 Å². The molecular weight excluding hydrogens is 234 g/mol. The van der Waals surface area contributed by atoms with Gasteiger partial charge in [0.25, 0.3) is 0 Å². The molecule has 0 fully saturated rings. The van der Waals surface area contributed by atoms with E-state index in [0.29, 0.717) is 13.2 Å². The van der Waals surface area contributed by atoms with Crippen molar-refractivity contribution in [2.75, 3.05) is 26.8 Å². The molecule has 0 radical (unpaired) electrons. The Morgan fingerprint density at radius 2 is 2.15 bits per heavy atom. The van der Waals surface area contributed by atoms with Crippen LogP contribution in [0.1, 0.15) is 20.3 Å². The Morgan fingerprint density at radius 1 is 1.54 bits per heavy atom. The maximum absolute atomic E-state index is 11.6. The molecule has 0 aliphatic heterocycles. The lowest BCUT2D eigenvalue weighted by Crippen LogP contribution is -2.38. The fraction of sp³-hybridized carbons (Fsp3) is 0.889. The molecule has 0 heterocycles. The molecule has 0 spiro atoms. The number of alkyl halides is 1. The van der Waals surface area contributed by atoms with Crippen molar-refractivity contribution in [1.82, 2.24) is 4.90 Å². The van der Waals surface area contributed by atoms with Gasteiger partial charge in [-0.15, -0.1) is 0 Å². The molecule has 0 aromatic carbocycles. The van der Waals surface area contributed by atoms with Crippen LogP contribution in [-0.4, -0.2) is 42.4 Å². The van der Waals surface area contributed by atoms with E-state index in [2.05, 4.69) is 15.9 Å². The average molecular weight is 252 g/mol. The highest BCUT2D eigenvalue weighted by molar-refractivity contribution is 9.10. The molecule has 0 rings (SSSR count). The van der Waals surface area contributed by atoms with Gasteiger partial charge < -0.3 is 9.64 Å². The Bertz CT molecular complexity index is 153. The van der Waals surface area contributed by atoms with Gasteiger partial charge in [-0.25, -0.2) is 0 Å². The quantitative estimate of drug-likeness (QED) is 0.673. The summed E-state index contributed by atoms with van der Waals surface area (Å²) in [6.07, 6.45) is 0.822. The molecular formula is C9H18BrNO2. The number of hydrogen-bond donors (Lipinski definition) is 0. The van der Waals surface area contributed by atoms with Gasteiger partial charge in [-0.2, -0.15) is 0 Å². The highest BCUT2D eigenvalue weighted by Gasteiger charge is 2.18. The van der Waals surface area contributed by atoms with Crippen LogP contribution in [0.2, 0.25) is 0 Å². The Kier molecular flexibility index (Phi) is 7.28. The third-order valence-corrected chi connectivity index (χ3v) is 2.92. The van der Waals surface area contributed by atoms with Crippen LogP contribution in [-0.2, 0) is 9.53 Å². The van der Waals surface area contributed by atoms with E-state index in [1.807, 2.05) is 13.8 Å². The first-order valence-electron chi connectivity index (χ1n) is 4.59. The molecule has 3 nitrogen and oxygen atoms in total. The number of ether oxygens (including phenoxy) is 1. The van der Waals surface area contributed by atoms with Crippen molar-refractivity contribution in [3.63, 3.8) is 0 Å². The van der Waals surface area contributed by atoms with E-state index in [9.17, 15) is 4.79 Å².